The Labute approximate surface area is 232 Å². The number of carbonyl (C=O) groups excluding carboxylic acids is 1. The molecule has 0 unspecified atom stereocenters. The normalized spacial score (nSPS) is 15.1. The van der Waals surface area contributed by atoms with Gasteiger partial charge in [-0.25, -0.2) is 9.97 Å². The van der Waals surface area contributed by atoms with Crippen LogP contribution in [-0.4, -0.2) is 70.5 Å². The number of carbonyl (C=O) groups is 1. The van der Waals surface area contributed by atoms with Crippen LogP contribution in [0.15, 0.2) is 67.1 Å². The average molecular weight is 547 g/mol. The molecule has 0 radical (unpaired) electrons. The number of benzene rings is 2. The minimum Gasteiger partial charge on any atom is -0.491 e. The van der Waals surface area contributed by atoms with Crippen LogP contribution in [0.4, 0.5) is 11.5 Å². The number of hydrogen-bond donors (Lipinski definition) is 1. The number of rotatable bonds is 10. The summed E-state index contributed by atoms with van der Waals surface area (Å²) in [6, 6.07) is 16.9. The van der Waals surface area contributed by atoms with Crippen molar-refractivity contribution in [2.75, 3.05) is 39.1 Å². The molecule has 1 amide bonds. The lowest BCUT2D eigenvalue weighted by Gasteiger charge is -2.26. The highest BCUT2D eigenvalue weighted by Crippen LogP contribution is 2.34. The minimum atomic E-state index is 0.0335. The van der Waals surface area contributed by atoms with Crippen molar-refractivity contribution in [3.63, 3.8) is 0 Å². The van der Waals surface area contributed by atoms with Crippen molar-refractivity contribution < 1.29 is 14.3 Å². The van der Waals surface area contributed by atoms with E-state index in [1.54, 1.807) is 12.3 Å². The lowest BCUT2D eigenvalue weighted by atomic mass is 10.2. The van der Waals surface area contributed by atoms with Crippen molar-refractivity contribution in [1.82, 2.24) is 24.8 Å². The summed E-state index contributed by atoms with van der Waals surface area (Å²) in [5, 5.41) is 4.58. The second-order valence-electron chi connectivity index (χ2n) is 9.68. The Kier molecular flexibility index (Phi) is 8.39. The van der Waals surface area contributed by atoms with E-state index in [4.69, 9.17) is 21.1 Å². The molecule has 5 rings (SSSR count). The Hall–Kier alpha value is -3.95. The van der Waals surface area contributed by atoms with E-state index in [0.717, 1.165) is 41.7 Å². The predicted octanol–water partition coefficient (Wildman–Crippen LogP) is 4.93. The van der Waals surface area contributed by atoms with Gasteiger partial charge in [-0.15, -0.1) is 0 Å². The Bertz CT molecular complexity index is 1430. The second kappa shape index (κ2) is 12.3. The van der Waals surface area contributed by atoms with Crippen molar-refractivity contribution in [3.05, 3.63) is 77.8 Å². The van der Waals surface area contributed by atoms with Crippen molar-refractivity contribution in [3.8, 4) is 11.5 Å². The molecule has 0 aliphatic carbocycles. The van der Waals surface area contributed by atoms with E-state index in [2.05, 4.69) is 20.3 Å². The lowest BCUT2D eigenvalue weighted by molar-refractivity contribution is -0.133. The summed E-state index contributed by atoms with van der Waals surface area (Å²) in [4.78, 5) is 29.7. The molecule has 3 heterocycles. The molecule has 1 saturated heterocycles. The van der Waals surface area contributed by atoms with E-state index in [1.807, 2.05) is 72.4 Å². The quantitative estimate of drug-likeness (QED) is 0.299. The maximum Gasteiger partial charge on any atom is 0.237 e. The van der Waals surface area contributed by atoms with Crippen LogP contribution in [0, 0.1) is 0 Å². The van der Waals surface area contributed by atoms with Gasteiger partial charge < -0.3 is 24.6 Å². The molecule has 1 aliphatic rings. The van der Waals surface area contributed by atoms with Gasteiger partial charge in [0.05, 0.1) is 34.2 Å². The maximum absolute atomic E-state index is 12.7. The summed E-state index contributed by atoms with van der Waals surface area (Å²) in [5.74, 6) is 1.94. The molecule has 1 aliphatic heterocycles. The number of nitrogens with one attached hydrogen (secondary N) is 1. The second-order valence-corrected chi connectivity index (χ2v) is 10.1. The van der Waals surface area contributed by atoms with Crippen molar-refractivity contribution >= 4 is 39.9 Å². The van der Waals surface area contributed by atoms with Gasteiger partial charge in [-0.1, -0.05) is 23.7 Å². The first kappa shape index (κ1) is 26.6. The van der Waals surface area contributed by atoms with E-state index < -0.39 is 0 Å². The van der Waals surface area contributed by atoms with Gasteiger partial charge in [0.15, 0.2) is 0 Å². The molecule has 1 N–H and O–H groups in total. The van der Waals surface area contributed by atoms with Gasteiger partial charge in [0.2, 0.25) is 5.91 Å². The molecular weight excluding hydrogens is 516 g/mol. The molecule has 1 fully saturated rings. The molecule has 0 saturated carbocycles. The number of amides is 1. The van der Waals surface area contributed by atoms with Gasteiger partial charge in [-0.05, 0) is 69.4 Å². The van der Waals surface area contributed by atoms with Crippen LogP contribution in [-0.2, 0) is 11.4 Å². The number of likely N-dealkylation sites (tertiary alicyclic amines) is 1. The van der Waals surface area contributed by atoms with E-state index >= 15 is 0 Å². The van der Waals surface area contributed by atoms with Gasteiger partial charge in [0.25, 0.3) is 0 Å². The van der Waals surface area contributed by atoms with Crippen LogP contribution in [0.1, 0.15) is 18.5 Å². The molecule has 1 atom stereocenters. The third kappa shape index (κ3) is 6.55. The zero-order valence-electron chi connectivity index (χ0n) is 22.0. The highest BCUT2D eigenvalue weighted by atomic mass is 35.5. The SMILES string of the molecule is CN(C)CC(=O)N1CCC[C@@H]1COc1cccc2ncnc(Nc3ccc(OCc4ccccn4)c(Cl)c3)c12. The van der Waals surface area contributed by atoms with Crippen molar-refractivity contribution in [2.24, 2.45) is 0 Å². The van der Waals surface area contributed by atoms with E-state index in [0.29, 0.717) is 42.1 Å². The molecule has 9 nitrogen and oxygen atoms in total. The van der Waals surface area contributed by atoms with Crippen LogP contribution in [0.5, 0.6) is 11.5 Å². The van der Waals surface area contributed by atoms with Crippen molar-refractivity contribution in [1.29, 1.82) is 0 Å². The first-order chi connectivity index (χ1) is 19.0. The number of aromatic nitrogens is 3. The minimum absolute atomic E-state index is 0.0335. The van der Waals surface area contributed by atoms with Crippen LogP contribution in [0.2, 0.25) is 5.02 Å². The molecular formula is C29H31ClN6O3. The molecule has 2 aromatic carbocycles. The van der Waals surface area contributed by atoms with E-state index in [1.165, 1.54) is 6.33 Å². The lowest BCUT2D eigenvalue weighted by Crippen LogP contribution is -2.43. The van der Waals surface area contributed by atoms with E-state index in [9.17, 15) is 4.79 Å². The van der Waals surface area contributed by atoms with Gasteiger partial charge in [-0.3, -0.25) is 9.78 Å². The standard InChI is InChI=1S/C29H31ClN6O3/c1-35(2)16-27(37)36-14-6-8-22(36)18-39-26-10-5-9-24-28(26)29(33-19-32-24)34-20-11-12-25(23(30)15-20)38-17-21-7-3-4-13-31-21/h3-5,7,9-13,15,19,22H,6,8,14,16-18H2,1-2H3,(H,32,33,34)/t22-/m1/s1. The Morgan fingerprint density at radius 1 is 1.08 bits per heavy atom. The fourth-order valence-corrected chi connectivity index (χ4v) is 4.88. The highest BCUT2D eigenvalue weighted by Gasteiger charge is 2.29. The number of nitrogens with zero attached hydrogens (tertiary/aromatic N) is 5. The van der Waals surface area contributed by atoms with E-state index in [-0.39, 0.29) is 11.9 Å². The third-order valence-corrected chi connectivity index (χ3v) is 6.80. The molecule has 39 heavy (non-hydrogen) atoms. The van der Waals surface area contributed by atoms with Gasteiger partial charge in [0.1, 0.15) is 36.9 Å². The van der Waals surface area contributed by atoms with Gasteiger partial charge in [-0.2, -0.15) is 0 Å². The maximum atomic E-state index is 12.7. The van der Waals surface area contributed by atoms with Crippen LogP contribution < -0.4 is 14.8 Å². The average Bonchev–Trinajstić information content (AvgIpc) is 3.41. The first-order valence-electron chi connectivity index (χ1n) is 12.9. The number of halogens is 1. The number of ether oxygens (including phenoxy) is 2. The molecule has 2 aromatic heterocycles. The zero-order chi connectivity index (χ0) is 27.2. The van der Waals surface area contributed by atoms with Crippen molar-refractivity contribution in [2.45, 2.75) is 25.5 Å². The number of anilines is 2. The summed E-state index contributed by atoms with van der Waals surface area (Å²) in [5.41, 5.74) is 2.31. The summed E-state index contributed by atoms with van der Waals surface area (Å²) in [6.45, 7) is 1.88. The summed E-state index contributed by atoms with van der Waals surface area (Å²) in [7, 11) is 3.81. The number of hydrogen-bond acceptors (Lipinski definition) is 8. The zero-order valence-corrected chi connectivity index (χ0v) is 22.8. The molecule has 0 spiro atoms. The Morgan fingerprint density at radius 2 is 1.97 bits per heavy atom. The van der Waals surface area contributed by atoms with Gasteiger partial charge in [0, 0.05) is 18.4 Å². The number of likely N-dealkylation sites (N-methyl/N-ethyl adjacent to an activating group) is 1. The third-order valence-electron chi connectivity index (χ3n) is 6.50. The van der Waals surface area contributed by atoms with Gasteiger partial charge >= 0.3 is 0 Å². The highest BCUT2D eigenvalue weighted by molar-refractivity contribution is 6.32. The Morgan fingerprint density at radius 3 is 2.77 bits per heavy atom. The molecule has 10 heteroatoms. The largest absolute Gasteiger partial charge is 0.491 e. The van der Waals surface area contributed by atoms with Crippen LogP contribution in [0.3, 0.4) is 0 Å². The molecule has 0 bridgehead atoms. The topological polar surface area (TPSA) is 92.7 Å². The Balaban J connectivity index is 1.31. The number of pyridine rings is 1. The summed E-state index contributed by atoms with van der Waals surface area (Å²) in [6.07, 6.45) is 5.13. The predicted molar refractivity (Wildman–Crippen MR) is 152 cm³/mol. The summed E-state index contributed by atoms with van der Waals surface area (Å²) >= 11 is 6.53. The smallest absolute Gasteiger partial charge is 0.237 e. The fraction of sp³-hybridized carbons (Fsp3) is 0.310. The number of fused-ring (bicyclic) bond motifs is 1. The molecule has 4 aromatic rings. The fourth-order valence-electron chi connectivity index (χ4n) is 4.65. The van der Waals surface area contributed by atoms with Crippen LogP contribution in [0.25, 0.3) is 10.9 Å². The summed E-state index contributed by atoms with van der Waals surface area (Å²) < 4.78 is 12.2. The van der Waals surface area contributed by atoms with Crippen LogP contribution >= 0.6 is 11.6 Å². The first-order valence-corrected chi connectivity index (χ1v) is 13.3. The molecule has 202 valence electrons. The monoisotopic (exact) mass is 546 g/mol.